The highest BCUT2D eigenvalue weighted by atomic mass is 14.8. The first-order chi connectivity index (χ1) is 5.35. The van der Waals surface area contributed by atoms with E-state index in [2.05, 4.69) is 10.3 Å². The van der Waals surface area contributed by atoms with Crippen LogP contribution in [0, 0.1) is 0 Å². The topological polar surface area (TPSA) is 24.4 Å². The van der Waals surface area contributed by atoms with Crippen molar-refractivity contribution >= 4 is 5.71 Å². The van der Waals surface area contributed by atoms with Crippen LogP contribution in [-0.2, 0) is 0 Å². The molecule has 0 aromatic heterocycles. The molecule has 2 nitrogen and oxygen atoms in total. The van der Waals surface area contributed by atoms with Gasteiger partial charge in [0.15, 0.2) is 0 Å². The van der Waals surface area contributed by atoms with E-state index >= 15 is 0 Å². The molecular formula is C9H20N2. The maximum absolute atomic E-state index is 4.03. The van der Waals surface area contributed by atoms with Crippen molar-refractivity contribution in [2.24, 2.45) is 4.99 Å². The van der Waals surface area contributed by atoms with Gasteiger partial charge in [0.05, 0.1) is 0 Å². The molecule has 0 rings (SSSR count). The van der Waals surface area contributed by atoms with Gasteiger partial charge < -0.3 is 5.32 Å². The van der Waals surface area contributed by atoms with Gasteiger partial charge in [-0.25, -0.2) is 0 Å². The van der Waals surface area contributed by atoms with Gasteiger partial charge in [-0.15, -0.1) is 0 Å². The number of nitrogens with one attached hydrogen (secondary N) is 1. The maximum atomic E-state index is 4.03. The summed E-state index contributed by atoms with van der Waals surface area (Å²) in [6, 6.07) is 0. The van der Waals surface area contributed by atoms with Gasteiger partial charge in [0.25, 0.3) is 0 Å². The molecule has 0 heterocycles. The lowest BCUT2D eigenvalue weighted by atomic mass is 10.3. The third-order valence-electron chi connectivity index (χ3n) is 1.00. The van der Waals surface area contributed by atoms with Crippen LogP contribution in [0.3, 0.4) is 0 Å². The largest absolute Gasteiger partial charge is 0.314 e. The predicted octanol–water partition coefficient (Wildman–Crippen LogP) is 1.88. The molecule has 66 valence electrons. The molecule has 0 unspecified atom stereocenters. The summed E-state index contributed by atoms with van der Waals surface area (Å²) in [7, 11) is 3.71. The van der Waals surface area contributed by atoms with Crippen LogP contribution in [0.2, 0.25) is 0 Å². The summed E-state index contributed by atoms with van der Waals surface area (Å²) in [6.45, 7) is 6.84. The molecule has 0 aliphatic rings. The lowest BCUT2D eigenvalue weighted by Crippen LogP contribution is -2.16. The molecule has 0 saturated carbocycles. The van der Waals surface area contributed by atoms with Crippen molar-refractivity contribution in [2.75, 3.05) is 20.6 Å². The molecule has 0 spiro atoms. The van der Waals surface area contributed by atoms with Gasteiger partial charge in [0.1, 0.15) is 0 Å². The summed E-state index contributed by atoms with van der Waals surface area (Å²) in [4.78, 5) is 4.03. The molecule has 0 aliphatic heterocycles. The number of hydrogen-bond acceptors (Lipinski definition) is 2. The van der Waals surface area contributed by atoms with Crippen molar-refractivity contribution < 1.29 is 0 Å². The normalized spacial score (nSPS) is 11.2. The zero-order valence-electron chi connectivity index (χ0n) is 8.31. The number of rotatable bonds is 3. The molecule has 0 aromatic rings. The lowest BCUT2D eigenvalue weighted by Gasteiger charge is -1.95. The quantitative estimate of drug-likeness (QED) is 0.620. The van der Waals surface area contributed by atoms with Crippen molar-refractivity contribution in [2.45, 2.75) is 20.8 Å². The maximum Gasteiger partial charge on any atom is 0.0479 e. The second kappa shape index (κ2) is 12.1. The fourth-order valence-electron chi connectivity index (χ4n) is 0.586. The Morgan fingerprint density at radius 3 is 2.27 bits per heavy atom. The van der Waals surface area contributed by atoms with Crippen LogP contribution in [0.5, 0.6) is 0 Å². The number of hydrogen-bond donors (Lipinski definition) is 1. The first-order valence-electron chi connectivity index (χ1n) is 4.08. The molecule has 0 radical (unpaired) electrons. The first kappa shape index (κ1) is 13.0. The first-order valence-corrected chi connectivity index (χ1v) is 4.08. The van der Waals surface area contributed by atoms with Crippen LogP contribution in [0.15, 0.2) is 17.1 Å². The number of aliphatic imine (C=N–C) groups is 1. The van der Waals surface area contributed by atoms with Crippen LogP contribution >= 0.6 is 0 Å². The second-order valence-electron chi connectivity index (χ2n) is 1.75. The SMILES string of the molecule is C/C=C\C(CNC)=NC.CC. The Labute approximate surface area is 70.4 Å². The summed E-state index contributed by atoms with van der Waals surface area (Å²) in [5, 5.41) is 3.02. The minimum absolute atomic E-state index is 0.848. The fourth-order valence-corrected chi connectivity index (χ4v) is 0.586. The highest BCUT2D eigenvalue weighted by Gasteiger charge is 1.85. The minimum Gasteiger partial charge on any atom is -0.314 e. The van der Waals surface area contributed by atoms with E-state index in [-0.39, 0.29) is 0 Å². The predicted molar refractivity (Wildman–Crippen MR) is 53.4 cm³/mol. The van der Waals surface area contributed by atoms with Gasteiger partial charge in [-0.1, -0.05) is 19.9 Å². The molecule has 11 heavy (non-hydrogen) atoms. The zero-order valence-corrected chi connectivity index (χ0v) is 8.31. The van der Waals surface area contributed by atoms with Gasteiger partial charge in [-0.2, -0.15) is 0 Å². The minimum atomic E-state index is 0.848. The Morgan fingerprint density at radius 2 is 2.00 bits per heavy atom. The number of nitrogens with zero attached hydrogens (tertiary/aromatic N) is 1. The Hall–Kier alpha value is -0.630. The van der Waals surface area contributed by atoms with Gasteiger partial charge in [0, 0.05) is 19.3 Å². The second-order valence-corrected chi connectivity index (χ2v) is 1.75. The third-order valence-corrected chi connectivity index (χ3v) is 1.00. The van der Waals surface area contributed by atoms with Crippen molar-refractivity contribution in [1.29, 1.82) is 0 Å². The molecular weight excluding hydrogens is 136 g/mol. The molecule has 0 bridgehead atoms. The summed E-state index contributed by atoms with van der Waals surface area (Å²) < 4.78 is 0. The van der Waals surface area contributed by atoms with Crippen molar-refractivity contribution in [3.63, 3.8) is 0 Å². The van der Waals surface area contributed by atoms with E-state index in [4.69, 9.17) is 0 Å². The van der Waals surface area contributed by atoms with Gasteiger partial charge in [-0.05, 0) is 20.0 Å². The number of allylic oxidation sites excluding steroid dienone is 1. The molecule has 2 heteroatoms. The van der Waals surface area contributed by atoms with E-state index in [9.17, 15) is 0 Å². The highest BCUT2D eigenvalue weighted by molar-refractivity contribution is 5.96. The summed E-state index contributed by atoms with van der Waals surface area (Å²) >= 11 is 0. The molecule has 1 N–H and O–H groups in total. The van der Waals surface area contributed by atoms with E-state index in [1.807, 2.05) is 40.0 Å². The smallest absolute Gasteiger partial charge is 0.0479 e. The van der Waals surface area contributed by atoms with E-state index < -0.39 is 0 Å². The third kappa shape index (κ3) is 9.37. The van der Waals surface area contributed by atoms with Crippen LogP contribution in [0.25, 0.3) is 0 Å². The molecule has 0 amide bonds. The van der Waals surface area contributed by atoms with E-state index in [0.29, 0.717) is 0 Å². The zero-order chi connectivity index (χ0) is 9.11. The van der Waals surface area contributed by atoms with Crippen molar-refractivity contribution in [1.82, 2.24) is 5.32 Å². The Morgan fingerprint density at radius 1 is 1.45 bits per heavy atom. The summed E-state index contributed by atoms with van der Waals surface area (Å²) in [5.74, 6) is 0. The Kier molecular flexibility index (Phi) is 14.3. The van der Waals surface area contributed by atoms with Gasteiger partial charge in [0.2, 0.25) is 0 Å². The molecule has 0 atom stereocenters. The molecule has 0 saturated heterocycles. The molecule has 0 aromatic carbocycles. The standard InChI is InChI=1S/C7H14N2.C2H6/c1-4-5-7(9-3)6-8-2;1-2/h4-5,8H,6H2,1-3H3;1-2H3/b5-4-,9-7?;. The van der Waals surface area contributed by atoms with E-state index in [1.165, 1.54) is 0 Å². The fraction of sp³-hybridized carbons (Fsp3) is 0.667. The average Bonchev–Trinajstić information content (AvgIpc) is 2.08. The van der Waals surface area contributed by atoms with Crippen LogP contribution in [0.4, 0.5) is 0 Å². The van der Waals surface area contributed by atoms with Crippen molar-refractivity contribution in [3.05, 3.63) is 12.2 Å². The lowest BCUT2D eigenvalue weighted by molar-refractivity contribution is 0.946. The highest BCUT2D eigenvalue weighted by Crippen LogP contribution is 1.77. The monoisotopic (exact) mass is 156 g/mol. The average molecular weight is 156 g/mol. The van der Waals surface area contributed by atoms with Gasteiger partial charge in [-0.3, -0.25) is 4.99 Å². The summed E-state index contributed by atoms with van der Waals surface area (Å²) in [5.41, 5.74) is 1.08. The van der Waals surface area contributed by atoms with E-state index in [1.54, 1.807) is 7.05 Å². The van der Waals surface area contributed by atoms with Crippen LogP contribution < -0.4 is 5.32 Å². The Balaban J connectivity index is 0. The van der Waals surface area contributed by atoms with Crippen molar-refractivity contribution in [3.8, 4) is 0 Å². The van der Waals surface area contributed by atoms with E-state index in [0.717, 1.165) is 12.3 Å². The summed E-state index contributed by atoms with van der Waals surface area (Å²) in [6.07, 6.45) is 3.98. The Bertz CT molecular complexity index is 115. The van der Waals surface area contributed by atoms with Gasteiger partial charge >= 0.3 is 0 Å². The van der Waals surface area contributed by atoms with Crippen LogP contribution in [-0.4, -0.2) is 26.4 Å². The molecule has 0 aliphatic carbocycles. The van der Waals surface area contributed by atoms with Crippen LogP contribution in [0.1, 0.15) is 20.8 Å². The molecule has 0 fully saturated rings.